The first-order chi connectivity index (χ1) is 14.7. The van der Waals surface area contributed by atoms with Gasteiger partial charge in [-0.15, -0.1) is 0 Å². The molecule has 0 unspecified atom stereocenters. The molecule has 4 aromatic carbocycles. The van der Waals surface area contributed by atoms with Gasteiger partial charge in [-0.2, -0.15) is 45.5 Å². The molecule has 3 heteroatoms. The number of aryl methyl sites for hydroxylation is 4. The van der Waals surface area contributed by atoms with E-state index in [1.165, 1.54) is 44.5 Å². The second kappa shape index (κ2) is 16.3. The summed E-state index contributed by atoms with van der Waals surface area (Å²) in [5.41, 5.74) is 11.4. The van der Waals surface area contributed by atoms with Crippen LogP contribution in [0.4, 0.5) is 0 Å². The maximum Gasteiger partial charge on any atom is 4.00 e. The van der Waals surface area contributed by atoms with Crippen molar-refractivity contribution >= 4 is 0 Å². The van der Waals surface area contributed by atoms with Crippen molar-refractivity contribution in [2.24, 2.45) is 0 Å². The van der Waals surface area contributed by atoms with Crippen molar-refractivity contribution in [1.29, 1.82) is 0 Å². The standard InChI is InChI=1S/2C15H17.2ClH.Hf/c2*1-3-12-10-15(11-13(12)4-2)14-8-6-5-7-9-14;;;/h2*5-11H,3-4H2,1-2H3;2*1H;/q2*-1;;;+4/p-2. The molecular weight excluding hydrogens is 610 g/mol. The Balaban J connectivity index is 0.000000569. The van der Waals surface area contributed by atoms with Gasteiger partial charge >= 0.3 is 25.8 Å². The first-order valence-corrected chi connectivity index (χ1v) is 11.4. The molecule has 0 heterocycles. The molecule has 0 aliphatic rings. The van der Waals surface area contributed by atoms with E-state index in [1.807, 2.05) is 0 Å². The normalized spacial score (nSPS) is 9.58. The number of halogens is 2. The van der Waals surface area contributed by atoms with Crippen LogP contribution < -0.4 is 24.8 Å². The van der Waals surface area contributed by atoms with E-state index in [0.717, 1.165) is 25.7 Å². The molecular formula is C30H34Cl2Hf. The summed E-state index contributed by atoms with van der Waals surface area (Å²) < 4.78 is 0. The Kier molecular flexibility index (Phi) is 15.6. The summed E-state index contributed by atoms with van der Waals surface area (Å²) in [6.07, 6.45) is 4.54. The smallest absolute Gasteiger partial charge is 1.00 e. The Morgan fingerprint density at radius 3 is 1.09 bits per heavy atom. The summed E-state index contributed by atoms with van der Waals surface area (Å²) >= 11 is 0. The first kappa shape index (κ1) is 31.6. The van der Waals surface area contributed by atoms with Crippen molar-refractivity contribution in [2.45, 2.75) is 53.4 Å². The Bertz CT molecular complexity index is 901. The minimum atomic E-state index is 0. The molecule has 0 N–H and O–H groups in total. The van der Waals surface area contributed by atoms with E-state index in [-0.39, 0.29) is 50.7 Å². The van der Waals surface area contributed by atoms with Gasteiger partial charge in [-0.25, -0.2) is 12.1 Å². The van der Waals surface area contributed by atoms with Gasteiger partial charge in [-0.3, -0.25) is 0 Å². The van der Waals surface area contributed by atoms with Crippen LogP contribution >= 0.6 is 0 Å². The second-order valence-electron chi connectivity index (χ2n) is 7.74. The van der Waals surface area contributed by atoms with Crippen molar-refractivity contribution in [1.82, 2.24) is 0 Å². The molecule has 33 heavy (non-hydrogen) atoms. The molecule has 0 atom stereocenters. The van der Waals surface area contributed by atoms with Crippen LogP contribution in [0.3, 0.4) is 0 Å². The minimum absolute atomic E-state index is 0. The van der Waals surface area contributed by atoms with E-state index in [2.05, 4.69) is 113 Å². The molecule has 0 spiro atoms. The van der Waals surface area contributed by atoms with E-state index in [1.54, 1.807) is 0 Å². The summed E-state index contributed by atoms with van der Waals surface area (Å²) in [5.74, 6) is 0. The average Bonchev–Trinajstić information content (AvgIpc) is 3.44. The molecule has 0 nitrogen and oxygen atoms in total. The Labute approximate surface area is 232 Å². The summed E-state index contributed by atoms with van der Waals surface area (Å²) in [5, 5.41) is 0. The fraction of sp³-hybridized carbons (Fsp3) is 0.267. The molecule has 172 valence electrons. The van der Waals surface area contributed by atoms with E-state index < -0.39 is 0 Å². The third-order valence-corrected chi connectivity index (χ3v) is 5.88. The van der Waals surface area contributed by atoms with Crippen LogP contribution in [0.25, 0.3) is 22.3 Å². The zero-order valence-corrected chi connectivity index (χ0v) is 25.3. The van der Waals surface area contributed by atoms with Crippen molar-refractivity contribution in [3.8, 4) is 22.3 Å². The molecule has 0 fully saturated rings. The number of rotatable bonds is 6. The summed E-state index contributed by atoms with van der Waals surface area (Å²) in [6, 6.07) is 30.5. The van der Waals surface area contributed by atoms with Crippen molar-refractivity contribution < 1.29 is 50.7 Å². The molecule has 0 saturated carbocycles. The van der Waals surface area contributed by atoms with E-state index >= 15 is 0 Å². The molecule has 0 radical (unpaired) electrons. The van der Waals surface area contributed by atoms with Crippen LogP contribution in [0, 0.1) is 0 Å². The maximum atomic E-state index is 2.33. The molecule has 4 rings (SSSR count). The zero-order valence-electron chi connectivity index (χ0n) is 20.2. The van der Waals surface area contributed by atoms with Crippen LogP contribution in [0.2, 0.25) is 0 Å². The molecule has 0 bridgehead atoms. The Morgan fingerprint density at radius 1 is 0.515 bits per heavy atom. The predicted molar refractivity (Wildman–Crippen MR) is 132 cm³/mol. The second-order valence-corrected chi connectivity index (χ2v) is 7.74. The van der Waals surface area contributed by atoms with Crippen molar-refractivity contribution in [3.05, 3.63) is 107 Å². The van der Waals surface area contributed by atoms with Crippen LogP contribution in [0.1, 0.15) is 49.9 Å². The fourth-order valence-electron chi connectivity index (χ4n) is 4.12. The van der Waals surface area contributed by atoms with E-state index in [0.29, 0.717) is 0 Å². The fourth-order valence-corrected chi connectivity index (χ4v) is 4.12. The minimum Gasteiger partial charge on any atom is -1.00 e. The van der Waals surface area contributed by atoms with E-state index in [9.17, 15) is 0 Å². The maximum absolute atomic E-state index is 2.33. The largest absolute Gasteiger partial charge is 4.00 e. The quantitative estimate of drug-likeness (QED) is 0.224. The first-order valence-electron chi connectivity index (χ1n) is 11.4. The average molecular weight is 644 g/mol. The van der Waals surface area contributed by atoms with E-state index in [4.69, 9.17) is 0 Å². The van der Waals surface area contributed by atoms with Crippen LogP contribution in [-0.4, -0.2) is 0 Å². The number of hydrogen-bond acceptors (Lipinski definition) is 0. The molecule has 4 aromatic rings. The van der Waals surface area contributed by atoms with Gasteiger partial charge in [0.15, 0.2) is 0 Å². The molecule has 0 aliphatic carbocycles. The van der Waals surface area contributed by atoms with Gasteiger partial charge in [0.25, 0.3) is 0 Å². The van der Waals surface area contributed by atoms with Gasteiger partial charge in [0.05, 0.1) is 0 Å². The molecule has 0 aliphatic heterocycles. The van der Waals surface area contributed by atoms with Crippen LogP contribution in [0.5, 0.6) is 0 Å². The SMILES string of the molecule is CCc1cc(-c2ccccc2)c[c-]1CC.CCc1cc(-c2ccccc2)c[c-]1CC.[Cl-].[Cl-].[Hf+4]. The van der Waals surface area contributed by atoms with Crippen LogP contribution in [-0.2, 0) is 51.5 Å². The third-order valence-electron chi connectivity index (χ3n) is 5.88. The van der Waals surface area contributed by atoms with Gasteiger partial charge in [-0.05, 0) is 0 Å². The summed E-state index contributed by atoms with van der Waals surface area (Å²) in [6.45, 7) is 8.90. The molecule has 0 saturated heterocycles. The number of benzene rings is 2. The third kappa shape index (κ3) is 8.39. The van der Waals surface area contributed by atoms with Gasteiger partial charge in [-0.1, -0.05) is 125 Å². The van der Waals surface area contributed by atoms with Crippen molar-refractivity contribution in [2.75, 3.05) is 0 Å². The van der Waals surface area contributed by atoms with Gasteiger partial charge in [0, 0.05) is 0 Å². The summed E-state index contributed by atoms with van der Waals surface area (Å²) in [7, 11) is 0. The zero-order chi connectivity index (χ0) is 21.3. The van der Waals surface area contributed by atoms with Crippen molar-refractivity contribution in [3.63, 3.8) is 0 Å². The molecule has 0 amide bonds. The molecule has 0 aromatic heterocycles. The van der Waals surface area contributed by atoms with Crippen LogP contribution in [0.15, 0.2) is 84.9 Å². The predicted octanol–water partition coefficient (Wildman–Crippen LogP) is 2.40. The monoisotopic (exact) mass is 644 g/mol. The summed E-state index contributed by atoms with van der Waals surface area (Å²) in [4.78, 5) is 0. The number of hydrogen-bond donors (Lipinski definition) is 0. The van der Waals surface area contributed by atoms with Gasteiger partial charge in [0.1, 0.15) is 0 Å². The van der Waals surface area contributed by atoms with Gasteiger partial charge in [0.2, 0.25) is 0 Å². The van der Waals surface area contributed by atoms with Gasteiger partial charge < -0.3 is 24.8 Å². The Hall–Kier alpha value is -1.41. The topological polar surface area (TPSA) is 0 Å². The Morgan fingerprint density at radius 2 is 0.848 bits per heavy atom.